The van der Waals surface area contributed by atoms with Gasteiger partial charge in [-0.1, -0.05) is 24.1 Å². The van der Waals surface area contributed by atoms with Crippen LogP contribution in [0, 0.1) is 23.5 Å². The highest BCUT2D eigenvalue weighted by Crippen LogP contribution is 2.39. The van der Waals surface area contributed by atoms with E-state index < -0.39 is 29.6 Å². The maximum absolute atomic E-state index is 14.8. The molecule has 0 radical (unpaired) electrons. The Morgan fingerprint density at radius 3 is 2.68 bits per heavy atom. The fourth-order valence-electron chi connectivity index (χ4n) is 4.26. The lowest BCUT2D eigenvalue weighted by Crippen LogP contribution is -2.17. The summed E-state index contributed by atoms with van der Waals surface area (Å²) in [5, 5.41) is 9.19. The van der Waals surface area contributed by atoms with Crippen LogP contribution in [0.2, 0.25) is 0 Å². The lowest BCUT2D eigenvalue weighted by atomic mass is 9.90. The molecule has 1 aliphatic heterocycles. The molecule has 34 heavy (non-hydrogen) atoms. The maximum atomic E-state index is 14.8. The van der Waals surface area contributed by atoms with Crippen molar-refractivity contribution in [1.29, 1.82) is 0 Å². The number of carboxylic acids is 1. The Bertz CT molecular complexity index is 1290. The van der Waals surface area contributed by atoms with Crippen molar-refractivity contribution in [1.82, 2.24) is 0 Å². The molecule has 0 aliphatic carbocycles. The molecule has 3 aromatic rings. The van der Waals surface area contributed by atoms with Crippen LogP contribution in [0.3, 0.4) is 0 Å². The van der Waals surface area contributed by atoms with Crippen LogP contribution < -0.4 is 9.47 Å². The number of ether oxygens (including phenoxy) is 2. The molecular formula is C28H24F2O4. The van der Waals surface area contributed by atoms with Gasteiger partial charge in [0.15, 0.2) is 0 Å². The molecule has 6 heteroatoms. The Balaban J connectivity index is 1.62. The number of aryl methyl sites for hydroxylation is 1. The molecule has 3 aromatic carbocycles. The van der Waals surface area contributed by atoms with Crippen LogP contribution in [0.15, 0.2) is 54.6 Å². The van der Waals surface area contributed by atoms with Gasteiger partial charge in [0.05, 0.1) is 19.4 Å². The molecule has 0 fully saturated rings. The second-order valence-electron chi connectivity index (χ2n) is 8.14. The number of hydrogen-bond acceptors (Lipinski definition) is 3. The Morgan fingerprint density at radius 1 is 1.15 bits per heavy atom. The molecule has 1 aliphatic rings. The van der Waals surface area contributed by atoms with E-state index in [1.54, 1.807) is 31.2 Å². The maximum Gasteiger partial charge on any atom is 0.304 e. The average molecular weight is 462 g/mol. The molecular weight excluding hydrogens is 438 g/mol. The number of aliphatic carboxylic acids is 1. The van der Waals surface area contributed by atoms with Crippen molar-refractivity contribution >= 4 is 5.97 Å². The summed E-state index contributed by atoms with van der Waals surface area (Å²) < 4.78 is 40.6. The standard InChI is InChI=1S/C28H24F2O4/c1-3-4-17(15-28(31)32)18-6-11-26-20(13-18)7-12-27(34-26)23-14-19(5-9-25(23)30)22-16-21(33-2)8-10-24(22)29/h5-6,8-11,13-14,16-17,27H,7,12,15H2,1-2H3,(H,31,32). The first kappa shape index (κ1) is 23.3. The van der Waals surface area contributed by atoms with E-state index in [0.29, 0.717) is 41.0 Å². The lowest BCUT2D eigenvalue weighted by Gasteiger charge is -2.28. The van der Waals surface area contributed by atoms with Crippen molar-refractivity contribution in [2.24, 2.45) is 0 Å². The SMILES string of the molecule is CC#CC(CC(=O)O)c1ccc2c(c1)CCC(c1cc(-c3cc(OC)ccc3F)ccc1F)O2. The highest BCUT2D eigenvalue weighted by molar-refractivity contribution is 5.69. The topological polar surface area (TPSA) is 55.8 Å². The molecule has 2 atom stereocenters. The Morgan fingerprint density at radius 2 is 1.94 bits per heavy atom. The van der Waals surface area contributed by atoms with E-state index >= 15 is 0 Å². The van der Waals surface area contributed by atoms with Crippen molar-refractivity contribution in [2.45, 2.75) is 38.2 Å². The monoisotopic (exact) mass is 462 g/mol. The number of halogens is 2. The predicted octanol–water partition coefficient (Wildman–Crippen LogP) is 6.29. The van der Waals surface area contributed by atoms with Gasteiger partial charge in [0, 0.05) is 11.1 Å². The summed E-state index contributed by atoms with van der Waals surface area (Å²) >= 11 is 0. The van der Waals surface area contributed by atoms with Crippen LogP contribution in [-0.2, 0) is 11.2 Å². The molecule has 1 heterocycles. The van der Waals surface area contributed by atoms with Gasteiger partial charge in [0.2, 0.25) is 0 Å². The fourth-order valence-corrected chi connectivity index (χ4v) is 4.26. The fraction of sp³-hybridized carbons (Fsp3) is 0.250. The quantitative estimate of drug-likeness (QED) is 0.438. The smallest absolute Gasteiger partial charge is 0.304 e. The summed E-state index contributed by atoms with van der Waals surface area (Å²) in [5.74, 6) is 4.72. The van der Waals surface area contributed by atoms with Gasteiger partial charge in [-0.2, -0.15) is 0 Å². The van der Waals surface area contributed by atoms with Crippen molar-refractivity contribution in [3.8, 4) is 34.5 Å². The van der Waals surface area contributed by atoms with Crippen LogP contribution in [0.4, 0.5) is 8.78 Å². The second kappa shape index (κ2) is 9.96. The van der Waals surface area contributed by atoms with Crippen molar-refractivity contribution in [3.05, 3.63) is 82.9 Å². The first-order valence-electron chi connectivity index (χ1n) is 11.0. The van der Waals surface area contributed by atoms with Crippen molar-refractivity contribution < 1.29 is 28.2 Å². The van der Waals surface area contributed by atoms with Gasteiger partial charge in [-0.3, -0.25) is 4.79 Å². The summed E-state index contributed by atoms with van der Waals surface area (Å²) in [6.07, 6.45) is 0.546. The zero-order valence-corrected chi connectivity index (χ0v) is 18.9. The number of carbonyl (C=O) groups is 1. The molecule has 0 spiro atoms. The minimum Gasteiger partial charge on any atom is -0.497 e. The third-order valence-corrected chi connectivity index (χ3v) is 5.96. The third kappa shape index (κ3) is 4.89. The third-order valence-electron chi connectivity index (χ3n) is 5.96. The summed E-state index contributed by atoms with van der Waals surface area (Å²) in [6, 6.07) is 14.4. The number of fused-ring (bicyclic) bond motifs is 1. The largest absolute Gasteiger partial charge is 0.497 e. The van der Waals surface area contributed by atoms with Gasteiger partial charge in [-0.25, -0.2) is 8.78 Å². The molecule has 4 nitrogen and oxygen atoms in total. The number of rotatable bonds is 6. The molecule has 0 aromatic heterocycles. The lowest BCUT2D eigenvalue weighted by molar-refractivity contribution is -0.137. The summed E-state index contributed by atoms with van der Waals surface area (Å²) in [5.41, 5.74) is 2.96. The molecule has 1 N–H and O–H groups in total. The highest BCUT2D eigenvalue weighted by Gasteiger charge is 2.26. The van der Waals surface area contributed by atoms with Crippen LogP contribution in [0.5, 0.6) is 11.5 Å². The molecule has 0 bridgehead atoms. The van der Waals surface area contributed by atoms with E-state index in [9.17, 15) is 18.7 Å². The number of hydrogen-bond donors (Lipinski definition) is 1. The van der Waals surface area contributed by atoms with Gasteiger partial charge in [-0.05, 0) is 72.9 Å². The summed E-state index contributed by atoms with van der Waals surface area (Å²) in [4.78, 5) is 11.2. The zero-order valence-electron chi connectivity index (χ0n) is 18.9. The van der Waals surface area contributed by atoms with Crippen LogP contribution in [0.25, 0.3) is 11.1 Å². The molecule has 174 valence electrons. The average Bonchev–Trinajstić information content (AvgIpc) is 2.83. The Labute approximate surface area is 197 Å². The van der Waals surface area contributed by atoms with Crippen LogP contribution in [0.1, 0.15) is 48.5 Å². The van der Waals surface area contributed by atoms with Gasteiger partial charge in [0.1, 0.15) is 29.2 Å². The van der Waals surface area contributed by atoms with E-state index in [1.165, 1.54) is 31.4 Å². The van der Waals surface area contributed by atoms with Crippen molar-refractivity contribution in [2.75, 3.05) is 7.11 Å². The first-order chi connectivity index (χ1) is 16.4. The second-order valence-corrected chi connectivity index (χ2v) is 8.14. The summed E-state index contributed by atoms with van der Waals surface area (Å²) in [6.45, 7) is 1.68. The normalized spacial score (nSPS) is 15.4. The van der Waals surface area contributed by atoms with Gasteiger partial charge >= 0.3 is 5.97 Å². The minimum atomic E-state index is -0.912. The first-order valence-corrected chi connectivity index (χ1v) is 11.0. The van der Waals surface area contributed by atoms with E-state index in [1.807, 2.05) is 6.07 Å². The van der Waals surface area contributed by atoms with E-state index in [2.05, 4.69) is 11.8 Å². The van der Waals surface area contributed by atoms with Crippen LogP contribution in [-0.4, -0.2) is 18.2 Å². The number of methoxy groups -OCH3 is 1. The molecule has 0 saturated heterocycles. The van der Waals surface area contributed by atoms with Gasteiger partial charge < -0.3 is 14.6 Å². The molecule has 0 amide bonds. The molecule has 0 saturated carbocycles. The van der Waals surface area contributed by atoms with Gasteiger partial charge in [-0.15, -0.1) is 5.92 Å². The minimum absolute atomic E-state index is 0.0814. The van der Waals surface area contributed by atoms with Crippen LogP contribution >= 0.6 is 0 Å². The summed E-state index contributed by atoms with van der Waals surface area (Å²) in [7, 11) is 1.50. The number of carboxylic acid groups (broad SMARTS) is 1. The predicted molar refractivity (Wildman–Crippen MR) is 125 cm³/mol. The van der Waals surface area contributed by atoms with Gasteiger partial charge in [0.25, 0.3) is 0 Å². The highest BCUT2D eigenvalue weighted by atomic mass is 19.1. The zero-order chi connectivity index (χ0) is 24.2. The Hall–Kier alpha value is -3.85. The van der Waals surface area contributed by atoms with E-state index in [-0.39, 0.29) is 6.42 Å². The van der Waals surface area contributed by atoms with E-state index in [0.717, 1.165) is 11.1 Å². The molecule has 4 rings (SSSR count). The Kier molecular flexibility index (Phi) is 6.83. The molecule has 2 unspecified atom stereocenters. The number of benzene rings is 3. The van der Waals surface area contributed by atoms with E-state index in [4.69, 9.17) is 9.47 Å². The van der Waals surface area contributed by atoms with Crippen molar-refractivity contribution in [3.63, 3.8) is 0 Å².